The summed E-state index contributed by atoms with van der Waals surface area (Å²) >= 11 is 1.52. The highest BCUT2D eigenvalue weighted by Crippen LogP contribution is 2.11. The Bertz CT molecular complexity index is 620. The second-order valence-electron chi connectivity index (χ2n) is 4.21. The Balaban J connectivity index is 1.90. The Morgan fingerprint density at radius 2 is 2.30 bits per heavy atom. The Labute approximate surface area is 122 Å². The molecule has 0 radical (unpaired) electrons. The van der Waals surface area contributed by atoms with E-state index in [4.69, 9.17) is 0 Å². The fourth-order valence-electron chi connectivity index (χ4n) is 1.69. The van der Waals surface area contributed by atoms with Crippen LogP contribution in [0, 0.1) is 0 Å². The maximum Gasteiger partial charge on any atom is 0.242 e. The number of nitrogens with one attached hydrogen (secondary N) is 3. The van der Waals surface area contributed by atoms with Crippen LogP contribution in [0.2, 0.25) is 0 Å². The minimum absolute atomic E-state index is 0.268. The van der Waals surface area contributed by atoms with Crippen molar-refractivity contribution in [3.8, 4) is 0 Å². The van der Waals surface area contributed by atoms with E-state index in [1.807, 2.05) is 12.3 Å². The molecule has 0 bridgehead atoms. The number of aromatic nitrogens is 2. The van der Waals surface area contributed by atoms with E-state index in [0.29, 0.717) is 19.5 Å². The fraction of sp³-hybridized carbons (Fsp3) is 0.417. The monoisotopic (exact) mass is 314 g/mol. The van der Waals surface area contributed by atoms with Crippen molar-refractivity contribution in [3.63, 3.8) is 0 Å². The standard InChI is InChI=1S/C12H18N4O2S2/c1-2-13-8-10-7-11(9-15-10)20(17,18)16-4-3-12-14-5-6-19-12/h5-7,9,13,15-16H,2-4,8H2,1H3. The van der Waals surface area contributed by atoms with E-state index < -0.39 is 10.0 Å². The van der Waals surface area contributed by atoms with Crippen molar-refractivity contribution in [2.75, 3.05) is 13.1 Å². The van der Waals surface area contributed by atoms with Crippen LogP contribution in [0.1, 0.15) is 17.6 Å². The quantitative estimate of drug-likeness (QED) is 0.681. The van der Waals surface area contributed by atoms with Gasteiger partial charge in [-0.1, -0.05) is 6.92 Å². The minimum Gasteiger partial charge on any atom is -0.363 e. The van der Waals surface area contributed by atoms with Crippen LogP contribution in [0.15, 0.2) is 28.7 Å². The van der Waals surface area contributed by atoms with Gasteiger partial charge in [0.25, 0.3) is 0 Å². The molecule has 0 atom stereocenters. The smallest absolute Gasteiger partial charge is 0.242 e. The molecule has 6 nitrogen and oxygen atoms in total. The Hall–Kier alpha value is -1.22. The fourth-order valence-corrected chi connectivity index (χ4v) is 3.36. The van der Waals surface area contributed by atoms with Gasteiger partial charge in [0, 0.05) is 43.0 Å². The van der Waals surface area contributed by atoms with Crippen LogP contribution in [0.4, 0.5) is 0 Å². The molecule has 110 valence electrons. The Morgan fingerprint density at radius 1 is 1.45 bits per heavy atom. The van der Waals surface area contributed by atoms with E-state index in [1.54, 1.807) is 12.3 Å². The number of hydrogen-bond acceptors (Lipinski definition) is 5. The number of sulfonamides is 1. The molecule has 0 aliphatic rings. The first kappa shape index (κ1) is 15.2. The minimum atomic E-state index is -3.45. The predicted octanol–water partition coefficient (Wildman–Crippen LogP) is 1.10. The van der Waals surface area contributed by atoms with Crippen molar-refractivity contribution in [1.29, 1.82) is 0 Å². The first-order valence-corrected chi connectivity index (χ1v) is 8.74. The number of hydrogen-bond donors (Lipinski definition) is 3. The number of nitrogens with zero attached hydrogens (tertiary/aromatic N) is 1. The first-order valence-electron chi connectivity index (χ1n) is 6.38. The van der Waals surface area contributed by atoms with Crippen LogP contribution in [0.25, 0.3) is 0 Å². The Morgan fingerprint density at radius 3 is 3.00 bits per heavy atom. The third-order valence-electron chi connectivity index (χ3n) is 2.71. The molecule has 2 aromatic rings. The maximum absolute atomic E-state index is 12.1. The van der Waals surface area contributed by atoms with Crippen molar-refractivity contribution in [3.05, 3.63) is 34.5 Å². The number of thiazole rings is 1. The SMILES string of the molecule is CCNCc1cc(S(=O)(=O)NCCc2nccs2)c[nH]1. The van der Waals surface area contributed by atoms with Gasteiger partial charge in [0.15, 0.2) is 0 Å². The molecule has 0 amide bonds. The molecule has 0 aromatic carbocycles. The van der Waals surface area contributed by atoms with Gasteiger partial charge in [0.2, 0.25) is 10.0 Å². The molecule has 0 saturated heterocycles. The zero-order valence-electron chi connectivity index (χ0n) is 11.2. The van der Waals surface area contributed by atoms with E-state index >= 15 is 0 Å². The van der Waals surface area contributed by atoms with Crippen LogP contribution in [0.5, 0.6) is 0 Å². The number of H-pyrrole nitrogens is 1. The lowest BCUT2D eigenvalue weighted by molar-refractivity contribution is 0.581. The molecule has 20 heavy (non-hydrogen) atoms. The second-order valence-corrected chi connectivity index (χ2v) is 6.96. The van der Waals surface area contributed by atoms with E-state index in [0.717, 1.165) is 17.2 Å². The van der Waals surface area contributed by atoms with Crippen molar-refractivity contribution >= 4 is 21.4 Å². The zero-order valence-corrected chi connectivity index (χ0v) is 12.9. The van der Waals surface area contributed by atoms with E-state index in [1.165, 1.54) is 17.5 Å². The predicted molar refractivity (Wildman–Crippen MR) is 79.2 cm³/mol. The summed E-state index contributed by atoms with van der Waals surface area (Å²) in [6.07, 6.45) is 3.83. The lowest BCUT2D eigenvalue weighted by Crippen LogP contribution is -2.25. The molecule has 2 rings (SSSR count). The van der Waals surface area contributed by atoms with Gasteiger partial charge in [0.05, 0.1) is 9.90 Å². The molecule has 2 heterocycles. The molecule has 0 aliphatic carbocycles. The molecular weight excluding hydrogens is 296 g/mol. The van der Waals surface area contributed by atoms with Gasteiger partial charge in [-0.3, -0.25) is 0 Å². The molecule has 0 saturated carbocycles. The average molecular weight is 314 g/mol. The molecule has 3 N–H and O–H groups in total. The van der Waals surface area contributed by atoms with Gasteiger partial charge in [0.1, 0.15) is 0 Å². The largest absolute Gasteiger partial charge is 0.363 e. The third-order valence-corrected chi connectivity index (χ3v) is 4.99. The molecule has 0 fully saturated rings. The highest BCUT2D eigenvalue weighted by atomic mass is 32.2. The summed E-state index contributed by atoms with van der Waals surface area (Å²) < 4.78 is 26.7. The Kier molecular flexibility index (Phi) is 5.30. The van der Waals surface area contributed by atoms with Crippen LogP contribution in [-0.2, 0) is 23.0 Å². The number of rotatable bonds is 8. The highest BCUT2D eigenvalue weighted by Gasteiger charge is 2.15. The van der Waals surface area contributed by atoms with Crippen molar-refractivity contribution < 1.29 is 8.42 Å². The third kappa shape index (κ3) is 4.14. The maximum atomic E-state index is 12.1. The topological polar surface area (TPSA) is 86.9 Å². The average Bonchev–Trinajstić information content (AvgIpc) is 3.07. The van der Waals surface area contributed by atoms with Crippen molar-refractivity contribution in [1.82, 2.24) is 20.0 Å². The summed E-state index contributed by atoms with van der Waals surface area (Å²) in [6.45, 7) is 3.82. The molecule has 8 heteroatoms. The lowest BCUT2D eigenvalue weighted by Gasteiger charge is -2.03. The normalized spacial score (nSPS) is 11.8. The molecule has 2 aromatic heterocycles. The van der Waals surface area contributed by atoms with Gasteiger partial charge in [-0.25, -0.2) is 18.1 Å². The van der Waals surface area contributed by atoms with Gasteiger partial charge < -0.3 is 10.3 Å². The van der Waals surface area contributed by atoms with Gasteiger partial charge in [-0.2, -0.15) is 0 Å². The summed E-state index contributed by atoms with van der Waals surface area (Å²) in [4.78, 5) is 7.34. The van der Waals surface area contributed by atoms with Crippen molar-refractivity contribution in [2.45, 2.75) is 24.8 Å². The first-order chi connectivity index (χ1) is 9.62. The molecule has 0 unspecified atom stereocenters. The van der Waals surface area contributed by atoms with E-state index in [9.17, 15) is 8.42 Å². The van der Waals surface area contributed by atoms with Crippen LogP contribution < -0.4 is 10.0 Å². The van der Waals surface area contributed by atoms with Crippen LogP contribution >= 0.6 is 11.3 Å². The zero-order chi connectivity index (χ0) is 14.4. The van der Waals surface area contributed by atoms with E-state index in [-0.39, 0.29) is 4.90 Å². The van der Waals surface area contributed by atoms with Gasteiger partial charge >= 0.3 is 0 Å². The summed E-state index contributed by atoms with van der Waals surface area (Å²) in [6, 6.07) is 1.65. The highest BCUT2D eigenvalue weighted by molar-refractivity contribution is 7.89. The van der Waals surface area contributed by atoms with Crippen LogP contribution in [0.3, 0.4) is 0 Å². The van der Waals surface area contributed by atoms with Gasteiger partial charge in [-0.05, 0) is 12.6 Å². The second kappa shape index (κ2) is 6.98. The number of aromatic amines is 1. The van der Waals surface area contributed by atoms with Crippen LogP contribution in [-0.4, -0.2) is 31.5 Å². The molecule has 0 spiro atoms. The summed E-state index contributed by atoms with van der Waals surface area (Å²) in [5, 5.41) is 5.94. The molecule has 0 aliphatic heterocycles. The van der Waals surface area contributed by atoms with Gasteiger partial charge in [-0.15, -0.1) is 11.3 Å². The summed E-state index contributed by atoms with van der Waals surface area (Å²) in [7, 11) is -3.45. The summed E-state index contributed by atoms with van der Waals surface area (Å²) in [5.74, 6) is 0. The lowest BCUT2D eigenvalue weighted by atomic mass is 10.4. The van der Waals surface area contributed by atoms with E-state index in [2.05, 4.69) is 20.0 Å². The molecular formula is C12H18N4O2S2. The van der Waals surface area contributed by atoms with Crippen molar-refractivity contribution in [2.24, 2.45) is 0 Å². The summed E-state index contributed by atoms with van der Waals surface area (Å²) in [5.41, 5.74) is 0.854.